The van der Waals surface area contributed by atoms with Gasteiger partial charge in [0.05, 0.1) is 9.90 Å². The molecule has 0 radical (unpaired) electrons. The van der Waals surface area contributed by atoms with Crippen molar-refractivity contribution < 1.29 is 9.53 Å². The lowest BCUT2D eigenvalue weighted by atomic mass is 10.1. The van der Waals surface area contributed by atoms with Crippen molar-refractivity contribution in [2.45, 2.75) is 25.9 Å². The van der Waals surface area contributed by atoms with Gasteiger partial charge in [-0.3, -0.25) is 4.79 Å². The molecule has 3 N–H and O–H groups in total. The van der Waals surface area contributed by atoms with Crippen LogP contribution in [0.5, 0.6) is 5.75 Å². The standard InChI is InChI=1S/C17H19ClN2O2S/c1-2-5-20-17(21)15-4-3-14(23-15)10-6-11-7-12(9-19)22-16(11)13(18)8-10/h3-4,6,8,12H,2,5,7,9,19H2,1H3,(H,20,21). The predicted octanol–water partition coefficient (Wildman–Crippen LogP) is 3.47. The Hall–Kier alpha value is -1.56. The number of carbonyl (C=O) groups is 1. The van der Waals surface area contributed by atoms with Gasteiger partial charge in [-0.1, -0.05) is 18.5 Å². The largest absolute Gasteiger partial charge is 0.487 e. The number of hydrogen-bond acceptors (Lipinski definition) is 4. The molecule has 1 aliphatic heterocycles. The maximum absolute atomic E-state index is 12.0. The van der Waals surface area contributed by atoms with E-state index >= 15 is 0 Å². The molecule has 4 nitrogen and oxygen atoms in total. The van der Waals surface area contributed by atoms with E-state index in [1.165, 1.54) is 11.3 Å². The van der Waals surface area contributed by atoms with Gasteiger partial charge < -0.3 is 15.8 Å². The second-order valence-corrected chi connectivity index (χ2v) is 7.04. The number of ether oxygens (including phenoxy) is 1. The summed E-state index contributed by atoms with van der Waals surface area (Å²) < 4.78 is 5.75. The van der Waals surface area contributed by atoms with Crippen molar-refractivity contribution in [2.75, 3.05) is 13.1 Å². The summed E-state index contributed by atoms with van der Waals surface area (Å²) in [6, 6.07) is 7.78. The Bertz CT molecular complexity index is 729. The average Bonchev–Trinajstić information content (AvgIpc) is 3.19. The third-order valence-corrected chi connectivity index (χ3v) is 5.18. The van der Waals surface area contributed by atoms with Crippen LogP contribution in [0.1, 0.15) is 28.6 Å². The molecule has 0 spiro atoms. The molecule has 23 heavy (non-hydrogen) atoms. The average molecular weight is 351 g/mol. The second-order valence-electron chi connectivity index (χ2n) is 5.55. The molecule has 0 saturated carbocycles. The summed E-state index contributed by atoms with van der Waals surface area (Å²) in [4.78, 5) is 13.8. The number of amides is 1. The van der Waals surface area contributed by atoms with Crippen molar-refractivity contribution >= 4 is 28.8 Å². The van der Waals surface area contributed by atoms with Gasteiger partial charge in [0.1, 0.15) is 11.9 Å². The summed E-state index contributed by atoms with van der Waals surface area (Å²) in [6.07, 6.45) is 1.69. The molecule has 2 heterocycles. The Morgan fingerprint density at radius 2 is 2.30 bits per heavy atom. The minimum atomic E-state index is -0.0260. The summed E-state index contributed by atoms with van der Waals surface area (Å²) >= 11 is 7.81. The fourth-order valence-electron chi connectivity index (χ4n) is 2.60. The Labute approximate surface area is 144 Å². The normalized spacial score (nSPS) is 16.0. The summed E-state index contributed by atoms with van der Waals surface area (Å²) in [7, 11) is 0. The monoisotopic (exact) mass is 350 g/mol. The summed E-state index contributed by atoms with van der Waals surface area (Å²) in [6.45, 7) is 3.19. The molecule has 1 atom stereocenters. The molecule has 6 heteroatoms. The third-order valence-electron chi connectivity index (χ3n) is 3.77. The van der Waals surface area contributed by atoms with Crippen LogP contribution in [-0.4, -0.2) is 25.1 Å². The van der Waals surface area contributed by atoms with Gasteiger partial charge in [0.15, 0.2) is 0 Å². The van der Waals surface area contributed by atoms with Gasteiger partial charge in [0.2, 0.25) is 0 Å². The molecule has 0 saturated heterocycles. The number of carbonyl (C=O) groups excluding carboxylic acids is 1. The SMILES string of the molecule is CCCNC(=O)c1ccc(-c2cc(Cl)c3c(c2)CC(CN)O3)s1. The van der Waals surface area contributed by atoms with Gasteiger partial charge in [-0.15, -0.1) is 11.3 Å². The van der Waals surface area contributed by atoms with Gasteiger partial charge >= 0.3 is 0 Å². The summed E-state index contributed by atoms with van der Waals surface area (Å²) in [5, 5.41) is 3.49. The Morgan fingerprint density at radius 1 is 1.48 bits per heavy atom. The third kappa shape index (κ3) is 3.37. The summed E-state index contributed by atoms with van der Waals surface area (Å²) in [5.74, 6) is 0.713. The molecular formula is C17H19ClN2O2S. The van der Waals surface area contributed by atoms with Crippen molar-refractivity contribution in [1.82, 2.24) is 5.32 Å². The molecule has 1 aromatic carbocycles. The van der Waals surface area contributed by atoms with Gasteiger partial charge in [-0.25, -0.2) is 0 Å². The van der Waals surface area contributed by atoms with Gasteiger partial charge in [0.25, 0.3) is 5.91 Å². The topological polar surface area (TPSA) is 64.4 Å². The maximum Gasteiger partial charge on any atom is 0.261 e. The van der Waals surface area contributed by atoms with Crippen LogP contribution in [0.2, 0.25) is 5.02 Å². The summed E-state index contributed by atoms with van der Waals surface area (Å²) in [5.41, 5.74) is 7.76. The number of fused-ring (bicyclic) bond motifs is 1. The molecule has 0 bridgehead atoms. The van der Waals surface area contributed by atoms with Gasteiger partial charge in [0, 0.05) is 30.0 Å². The van der Waals surface area contributed by atoms with E-state index in [1.54, 1.807) is 0 Å². The zero-order valence-corrected chi connectivity index (χ0v) is 14.5. The number of hydrogen-bond donors (Lipinski definition) is 2. The first-order chi connectivity index (χ1) is 11.1. The van der Waals surface area contributed by atoms with E-state index in [0.29, 0.717) is 23.0 Å². The minimum Gasteiger partial charge on any atom is -0.487 e. The highest BCUT2D eigenvalue weighted by molar-refractivity contribution is 7.17. The molecule has 1 amide bonds. The zero-order chi connectivity index (χ0) is 16.4. The first-order valence-corrected chi connectivity index (χ1v) is 8.89. The predicted molar refractivity (Wildman–Crippen MR) is 94.6 cm³/mol. The van der Waals surface area contributed by atoms with Gasteiger partial charge in [-0.05, 0) is 36.2 Å². The van der Waals surface area contributed by atoms with Crippen LogP contribution in [0.3, 0.4) is 0 Å². The van der Waals surface area contributed by atoms with E-state index in [1.807, 2.05) is 25.1 Å². The Morgan fingerprint density at radius 3 is 3.04 bits per heavy atom. The maximum atomic E-state index is 12.0. The number of thiophene rings is 1. The van der Waals surface area contributed by atoms with E-state index in [0.717, 1.165) is 34.6 Å². The van der Waals surface area contributed by atoms with E-state index in [2.05, 4.69) is 11.4 Å². The Balaban J connectivity index is 1.85. The molecule has 1 aromatic heterocycles. The molecule has 0 aliphatic carbocycles. The molecule has 0 fully saturated rings. The molecule has 122 valence electrons. The minimum absolute atomic E-state index is 0.00327. The quantitative estimate of drug-likeness (QED) is 0.867. The molecule has 2 aromatic rings. The lowest BCUT2D eigenvalue weighted by molar-refractivity contribution is 0.0957. The highest BCUT2D eigenvalue weighted by atomic mass is 35.5. The Kier molecular flexibility index (Phi) is 4.90. The number of benzene rings is 1. The van der Waals surface area contributed by atoms with Crippen LogP contribution >= 0.6 is 22.9 Å². The molecule has 1 aliphatic rings. The lowest BCUT2D eigenvalue weighted by Gasteiger charge is -2.07. The van der Waals surface area contributed by atoms with Crippen LogP contribution in [0.15, 0.2) is 24.3 Å². The van der Waals surface area contributed by atoms with Crippen LogP contribution in [-0.2, 0) is 6.42 Å². The number of rotatable bonds is 5. The van der Waals surface area contributed by atoms with Crippen molar-refractivity contribution in [3.8, 4) is 16.2 Å². The fourth-order valence-corrected chi connectivity index (χ4v) is 3.80. The number of halogens is 1. The first-order valence-electron chi connectivity index (χ1n) is 7.70. The number of nitrogens with one attached hydrogen (secondary N) is 1. The van der Waals surface area contributed by atoms with Gasteiger partial charge in [-0.2, -0.15) is 0 Å². The van der Waals surface area contributed by atoms with Crippen molar-refractivity contribution in [3.63, 3.8) is 0 Å². The van der Waals surface area contributed by atoms with E-state index < -0.39 is 0 Å². The van der Waals surface area contributed by atoms with Crippen molar-refractivity contribution in [3.05, 3.63) is 39.7 Å². The molecule has 1 unspecified atom stereocenters. The zero-order valence-electron chi connectivity index (χ0n) is 12.9. The number of nitrogens with two attached hydrogens (primary N) is 1. The molecular weight excluding hydrogens is 332 g/mol. The van der Waals surface area contributed by atoms with Crippen LogP contribution in [0.4, 0.5) is 0 Å². The van der Waals surface area contributed by atoms with Crippen LogP contribution < -0.4 is 15.8 Å². The smallest absolute Gasteiger partial charge is 0.261 e. The van der Waals surface area contributed by atoms with E-state index in [-0.39, 0.29) is 12.0 Å². The first kappa shape index (κ1) is 16.3. The van der Waals surface area contributed by atoms with E-state index in [4.69, 9.17) is 22.1 Å². The molecule has 3 rings (SSSR count). The second kappa shape index (κ2) is 6.91. The lowest BCUT2D eigenvalue weighted by Crippen LogP contribution is -2.24. The van der Waals surface area contributed by atoms with Crippen molar-refractivity contribution in [2.24, 2.45) is 5.73 Å². The highest BCUT2D eigenvalue weighted by Crippen LogP contribution is 2.40. The van der Waals surface area contributed by atoms with E-state index in [9.17, 15) is 4.79 Å². The van der Waals surface area contributed by atoms with Crippen molar-refractivity contribution in [1.29, 1.82) is 0 Å². The van der Waals surface area contributed by atoms with Crippen LogP contribution in [0.25, 0.3) is 10.4 Å². The van der Waals surface area contributed by atoms with Crippen LogP contribution in [0, 0.1) is 0 Å². The fraction of sp³-hybridized carbons (Fsp3) is 0.353. The highest BCUT2D eigenvalue weighted by Gasteiger charge is 2.25.